The van der Waals surface area contributed by atoms with Gasteiger partial charge in [-0.15, -0.1) is 0 Å². The molecule has 4 heteroatoms. The Bertz CT molecular complexity index is 126. The average Bonchev–Trinajstić information content (AvgIpc) is 2.40. The number of nitrogens with zero attached hydrogens (tertiary/aromatic N) is 1. The molecule has 1 saturated heterocycles. The van der Waals surface area contributed by atoms with Gasteiger partial charge in [0.15, 0.2) is 0 Å². The van der Waals surface area contributed by atoms with E-state index in [1.165, 1.54) is 12.8 Å². The standard InChI is InChI=1S/C6H14N4/c7-6(10-8)4-5-2-1-3-9-5/h5,9H,1-4,8H2,(H2,7,10)/t5-/m0/s1. The molecule has 0 unspecified atom stereocenters. The molecule has 1 aliphatic rings. The molecule has 1 atom stereocenters. The third-order valence-corrected chi connectivity index (χ3v) is 1.78. The van der Waals surface area contributed by atoms with E-state index < -0.39 is 0 Å². The minimum atomic E-state index is 0.507. The molecule has 0 bridgehead atoms. The summed E-state index contributed by atoms with van der Waals surface area (Å²) in [5, 5.41) is 6.71. The van der Waals surface area contributed by atoms with Crippen LogP contribution >= 0.6 is 0 Å². The highest BCUT2D eigenvalue weighted by Gasteiger charge is 2.14. The van der Waals surface area contributed by atoms with Gasteiger partial charge >= 0.3 is 0 Å². The Morgan fingerprint density at radius 2 is 2.50 bits per heavy atom. The average molecular weight is 142 g/mol. The first kappa shape index (κ1) is 7.34. The highest BCUT2D eigenvalue weighted by molar-refractivity contribution is 5.80. The summed E-state index contributed by atoms with van der Waals surface area (Å²) in [5.41, 5.74) is 5.44. The number of hydrazone groups is 1. The summed E-state index contributed by atoms with van der Waals surface area (Å²) in [5.74, 6) is 5.53. The molecule has 0 aromatic carbocycles. The number of nitrogens with two attached hydrogens (primary N) is 2. The van der Waals surface area contributed by atoms with Crippen LogP contribution in [0.3, 0.4) is 0 Å². The Morgan fingerprint density at radius 3 is 3.00 bits per heavy atom. The summed E-state index contributed by atoms with van der Waals surface area (Å²) in [6.45, 7) is 1.10. The molecule has 1 aliphatic heterocycles. The van der Waals surface area contributed by atoms with Crippen molar-refractivity contribution in [3.05, 3.63) is 0 Å². The van der Waals surface area contributed by atoms with Crippen molar-refractivity contribution in [3.63, 3.8) is 0 Å². The van der Waals surface area contributed by atoms with Crippen molar-refractivity contribution in [1.82, 2.24) is 5.32 Å². The third kappa shape index (κ3) is 1.88. The third-order valence-electron chi connectivity index (χ3n) is 1.78. The lowest BCUT2D eigenvalue weighted by Gasteiger charge is -2.07. The summed E-state index contributed by atoms with van der Waals surface area (Å²) >= 11 is 0. The van der Waals surface area contributed by atoms with Crippen molar-refractivity contribution in [3.8, 4) is 0 Å². The normalized spacial score (nSPS) is 27.2. The zero-order valence-electron chi connectivity index (χ0n) is 6.01. The van der Waals surface area contributed by atoms with Gasteiger partial charge in [0, 0.05) is 12.5 Å². The number of hydrogen-bond acceptors (Lipinski definition) is 3. The van der Waals surface area contributed by atoms with E-state index in [-0.39, 0.29) is 0 Å². The minimum Gasteiger partial charge on any atom is -0.386 e. The first-order valence-electron chi connectivity index (χ1n) is 3.58. The molecule has 4 nitrogen and oxygen atoms in total. The summed E-state index contributed by atoms with van der Waals surface area (Å²) < 4.78 is 0. The number of amidine groups is 1. The van der Waals surface area contributed by atoms with Crippen molar-refractivity contribution in [2.45, 2.75) is 25.3 Å². The Hall–Kier alpha value is -0.770. The Kier molecular flexibility index (Phi) is 2.50. The lowest BCUT2D eigenvalue weighted by molar-refractivity contribution is 0.626. The van der Waals surface area contributed by atoms with Crippen molar-refractivity contribution in [1.29, 1.82) is 0 Å². The van der Waals surface area contributed by atoms with E-state index in [1.54, 1.807) is 0 Å². The van der Waals surface area contributed by atoms with Gasteiger partial charge in [0.1, 0.15) is 5.84 Å². The zero-order valence-corrected chi connectivity index (χ0v) is 6.01. The van der Waals surface area contributed by atoms with Gasteiger partial charge in [0.25, 0.3) is 0 Å². The molecule has 0 radical (unpaired) electrons. The predicted molar refractivity (Wildman–Crippen MR) is 41.5 cm³/mol. The molecule has 0 amide bonds. The van der Waals surface area contributed by atoms with Gasteiger partial charge in [-0.3, -0.25) is 0 Å². The lowest BCUT2D eigenvalue weighted by atomic mass is 10.1. The minimum absolute atomic E-state index is 0.507. The van der Waals surface area contributed by atoms with E-state index in [0.29, 0.717) is 11.9 Å². The Morgan fingerprint density at radius 1 is 1.70 bits per heavy atom. The fraction of sp³-hybridized carbons (Fsp3) is 0.833. The highest BCUT2D eigenvalue weighted by Crippen LogP contribution is 2.07. The van der Waals surface area contributed by atoms with Crippen LogP contribution in [0.2, 0.25) is 0 Å². The Balaban J connectivity index is 2.24. The van der Waals surface area contributed by atoms with Crippen molar-refractivity contribution in [2.24, 2.45) is 16.7 Å². The van der Waals surface area contributed by atoms with Crippen molar-refractivity contribution < 1.29 is 0 Å². The van der Waals surface area contributed by atoms with Crippen LogP contribution in [-0.4, -0.2) is 18.4 Å². The van der Waals surface area contributed by atoms with E-state index in [2.05, 4.69) is 10.4 Å². The fourth-order valence-corrected chi connectivity index (χ4v) is 1.24. The van der Waals surface area contributed by atoms with E-state index in [1.807, 2.05) is 0 Å². The largest absolute Gasteiger partial charge is 0.386 e. The van der Waals surface area contributed by atoms with Crippen LogP contribution in [0, 0.1) is 0 Å². The van der Waals surface area contributed by atoms with Gasteiger partial charge in [-0.25, -0.2) is 0 Å². The zero-order chi connectivity index (χ0) is 7.40. The molecule has 0 aromatic heterocycles. The topological polar surface area (TPSA) is 76.4 Å². The van der Waals surface area contributed by atoms with Crippen LogP contribution in [0.4, 0.5) is 0 Å². The van der Waals surface area contributed by atoms with Gasteiger partial charge in [0.2, 0.25) is 0 Å². The summed E-state index contributed by atoms with van der Waals surface area (Å²) in [7, 11) is 0. The lowest BCUT2D eigenvalue weighted by Crippen LogP contribution is -2.28. The molecule has 10 heavy (non-hydrogen) atoms. The summed E-state index contributed by atoms with van der Waals surface area (Å²) in [6.07, 6.45) is 3.22. The number of hydrogen-bond donors (Lipinski definition) is 3. The highest BCUT2D eigenvalue weighted by atomic mass is 15.2. The van der Waals surface area contributed by atoms with Crippen molar-refractivity contribution in [2.75, 3.05) is 6.54 Å². The molecule has 0 aromatic rings. The van der Waals surface area contributed by atoms with Crippen molar-refractivity contribution >= 4 is 5.84 Å². The Labute approximate surface area is 60.7 Å². The smallest absolute Gasteiger partial charge is 0.120 e. The van der Waals surface area contributed by atoms with E-state index in [0.717, 1.165) is 13.0 Å². The predicted octanol–water partition coefficient (Wildman–Crippen LogP) is -0.641. The van der Waals surface area contributed by atoms with Gasteiger partial charge < -0.3 is 16.9 Å². The van der Waals surface area contributed by atoms with Gasteiger partial charge in [-0.1, -0.05) is 0 Å². The van der Waals surface area contributed by atoms with Crippen LogP contribution in [-0.2, 0) is 0 Å². The van der Waals surface area contributed by atoms with Crippen LogP contribution in [0.5, 0.6) is 0 Å². The molecule has 1 fully saturated rings. The SMILES string of the molecule is N/N=C(\N)C[C@@H]1CCCN1. The quantitative estimate of drug-likeness (QED) is 0.208. The van der Waals surface area contributed by atoms with Crippen LogP contribution in [0.1, 0.15) is 19.3 Å². The second kappa shape index (κ2) is 3.41. The number of nitrogens with one attached hydrogen (secondary N) is 1. The molecule has 0 spiro atoms. The summed E-state index contributed by atoms with van der Waals surface area (Å²) in [4.78, 5) is 0. The van der Waals surface area contributed by atoms with E-state index in [4.69, 9.17) is 11.6 Å². The molecule has 58 valence electrons. The molecular formula is C6H14N4. The second-order valence-corrected chi connectivity index (χ2v) is 2.62. The molecule has 0 saturated carbocycles. The second-order valence-electron chi connectivity index (χ2n) is 2.62. The molecule has 1 heterocycles. The number of rotatable bonds is 2. The van der Waals surface area contributed by atoms with Crippen LogP contribution in [0.15, 0.2) is 5.10 Å². The molecule has 1 rings (SSSR count). The maximum atomic E-state index is 5.44. The molecular weight excluding hydrogens is 128 g/mol. The van der Waals surface area contributed by atoms with Crippen LogP contribution in [0.25, 0.3) is 0 Å². The monoisotopic (exact) mass is 142 g/mol. The van der Waals surface area contributed by atoms with E-state index in [9.17, 15) is 0 Å². The van der Waals surface area contributed by atoms with Crippen LogP contribution < -0.4 is 16.9 Å². The summed E-state index contributed by atoms with van der Waals surface area (Å²) in [6, 6.07) is 0.507. The first-order valence-corrected chi connectivity index (χ1v) is 3.58. The maximum Gasteiger partial charge on any atom is 0.120 e. The van der Waals surface area contributed by atoms with Gasteiger partial charge in [0.05, 0.1) is 0 Å². The molecule has 0 aliphatic carbocycles. The van der Waals surface area contributed by atoms with Gasteiger partial charge in [-0.05, 0) is 19.4 Å². The van der Waals surface area contributed by atoms with Gasteiger partial charge in [-0.2, -0.15) is 5.10 Å². The maximum absolute atomic E-state index is 5.44. The first-order chi connectivity index (χ1) is 4.83. The molecule has 5 N–H and O–H groups in total. The van der Waals surface area contributed by atoms with E-state index >= 15 is 0 Å². The fourth-order valence-electron chi connectivity index (χ4n) is 1.24.